The molecular weight excluding hydrogens is 363 g/mol. The molecular formula is C18H12Cl2N2OS. The molecule has 1 amide bonds. The molecule has 3 rings (SSSR count). The number of nitrogens with one attached hydrogen (secondary N) is 2. The van der Waals surface area contributed by atoms with Crippen molar-refractivity contribution in [2.75, 3.05) is 5.32 Å². The summed E-state index contributed by atoms with van der Waals surface area (Å²) in [6, 6.07) is 17.9. The number of rotatable bonds is 2. The van der Waals surface area contributed by atoms with E-state index >= 15 is 0 Å². The summed E-state index contributed by atoms with van der Waals surface area (Å²) in [5.41, 5.74) is 1.21. The zero-order valence-electron chi connectivity index (χ0n) is 12.3. The van der Waals surface area contributed by atoms with Crippen molar-refractivity contribution in [2.24, 2.45) is 0 Å². The minimum atomic E-state index is -0.303. The predicted octanol–water partition coefficient (Wildman–Crippen LogP) is 5.27. The molecule has 0 atom stereocenters. The quantitative estimate of drug-likeness (QED) is 0.600. The van der Waals surface area contributed by atoms with Gasteiger partial charge in [0.2, 0.25) is 0 Å². The van der Waals surface area contributed by atoms with E-state index in [2.05, 4.69) is 10.6 Å². The Bertz CT molecular complexity index is 943. The molecule has 2 N–H and O–H groups in total. The summed E-state index contributed by atoms with van der Waals surface area (Å²) in [6.07, 6.45) is 0. The van der Waals surface area contributed by atoms with E-state index in [0.29, 0.717) is 21.3 Å². The summed E-state index contributed by atoms with van der Waals surface area (Å²) in [5.74, 6) is -0.303. The maximum Gasteiger partial charge on any atom is 0.258 e. The highest BCUT2D eigenvalue weighted by molar-refractivity contribution is 7.80. The van der Waals surface area contributed by atoms with Crippen molar-refractivity contribution < 1.29 is 4.79 Å². The number of benzene rings is 3. The number of anilines is 1. The molecule has 0 aromatic heterocycles. The number of thiocarbonyl (C=S) groups is 1. The molecule has 0 bridgehead atoms. The molecule has 0 saturated heterocycles. The fourth-order valence-corrected chi connectivity index (χ4v) is 3.01. The van der Waals surface area contributed by atoms with Crippen LogP contribution in [0.4, 0.5) is 5.69 Å². The summed E-state index contributed by atoms with van der Waals surface area (Å²) in [6.45, 7) is 0. The molecule has 0 fully saturated rings. The molecule has 0 heterocycles. The maximum absolute atomic E-state index is 12.5. The lowest BCUT2D eigenvalue weighted by atomic mass is 10.0. The highest BCUT2D eigenvalue weighted by Gasteiger charge is 2.12. The number of fused-ring (bicyclic) bond motifs is 1. The average Bonchev–Trinajstić information content (AvgIpc) is 2.54. The van der Waals surface area contributed by atoms with Crippen molar-refractivity contribution >= 4 is 62.9 Å². The van der Waals surface area contributed by atoms with Gasteiger partial charge in [-0.05, 0) is 47.9 Å². The minimum Gasteiger partial charge on any atom is -0.332 e. The lowest BCUT2D eigenvalue weighted by Gasteiger charge is -2.11. The van der Waals surface area contributed by atoms with Gasteiger partial charge in [0.1, 0.15) is 0 Å². The lowest BCUT2D eigenvalue weighted by molar-refractivity contribution is 0.0979. The summed E-state index contributed by atoms with van der Waals surface area (Å²) < 4.78 is 0. The zero-order valence-corrected chi connectivity index (χ0v) is 14.7. The van der Waals surface area contributed by atoms with Gasteiger partial charge in [-0.25, -0.2) is 0 Å². The molecule has 24 heavy (non-hydrogen) atoms. The third-order valence-electron chi connectivity index (χ3n) is 3.42. The Balaban J connectivity index is 1.80. The van der Waals surface area contributed by atoms with Crippen LogP contribution in [0.2, 0.25) is 10.0 Å². The Kier molecular flexibility index (Phi) is 5.00. The van der Waals surface area contributed by atoms with Crippen molar-refractivity contribution in [2.45, 2.75) is 0 Å². The second kappa shape index (κ2) is 7.18. The van der Waals surface area contributed by atoms with Gasteiger partial charge in [0.05, 0.1) is 0 Å². The van der Waals surface area contributed by atoms with Crippen LogP contribution < -0.4 is 10.6 Å². The normalized spacial score (nSPS) is 10.4. The number of amides is 1. The summed E-state index contributed by atoms with van der Waals surface area (Å²) in [7, 11) is 0. The first kappa shape index (κ1) is 16.7. The van der Waals surface area contributed by atoms with E-state index in [1.165, 1.54) is 0 Å². The first-order chi connectivity index (χ1) is 11.5. The topological polar surface area (TPSA) is 41.1 Å². The molecule has 3 aromatic carbocycles. The Morgan fingerprint density at radius 1 is 0.917 bits per heavy atom. The molecule has 3 nitrogen and oxygen atoms in total. The van der Waals surface area contributed by atoms with E-state index in [1.807, 2.05) is 24.3 Å². The third kappa shape index (κ3) is 3.67. The van der Waals surface area contributed by atoms with E-state index in [1.54, 1.807) is 36.4 Å². The van der Waals surface area contributed by atoms with Gasteiger partial charge in [-0.15, -0.1) is 0 Å². The molecule has 0 unspecified atom stereocenters. The molecule has 0 spiro atoms. The van der Waals surface area contributed by atoms with Gasteiger partial charge >= 0.3 is 0 Å². The zero-order chi connectivity index (χ0) is 17.1. The maximum atomic E-state index is 12.5. The molecule has 120 valence electrons. The molecule has 0 aliphatic rings. The van der Waals surface area contributed by atoms with E-state index in [4.69, 9.17) is 35.4 Å². The highest BCUT2D eigenvalue weighted by Crippen LogP contribution is 2.26. The van der Waals surface area contributed by atoms with Gasteiger partial charge in [0, 0.05) is 26.7 Å². The van der Waals surface area contributed by atoms with Gasteiger partial charge in [-0.3, -0.25) is 10.1 Å². The lowest BCUT2D eigenvalue weighted by Crippen LogP contribution is -2.34. The number of carbonyl (C=O) groups excluding carboxylic acids is 1. The summed E-state index contributed by atoms with van der Waals surface area (Å²) in [4.78, 5) is 12.5. The number of halogens is 2. The second-order valence-electron chi connectivity index (χ2n) is 5.06. The van der Waals surface area contributed by atoms with Crippen molar-refractivity contribution in [1.82, 2.24) is 5.32 Å². The smallest absolute Gasteiger partial charge is 0.258 e. The number of carbonyl (C=O) groups is 1. The fourth-order valence-electron chi connectivity index (χ4n) is 2.37. The molecule has 0 aliphatic heterocycles. The molecule has 6 heteroatoms. The van der Waals surface area contributed by atoms with Crippen molar-refractivity contribution in [1.29, 1.82) is 0 Å². The van der Waals surface area contributed by atoms with E-state index in [-0.39, 0.29) is 11.0 Å². The van der Waals surface area contributed by atoms with Crippen LogP contribution in [0.3, 0.4) is 0 Å². The van der Waals surface area contributed by atoms with Crippen LogP contribution in [0.1, 0.15) is 10.4 Å². The largest absolute Gasteiger partial charge is 0.332 e. The van der Waals surface area contributed by atoms with Crippen molar-refractivity contribution in [3.8, 4) is 0 Å². The monoisotopic (exact) mass is 374 g/mol. The minimum absolute atomic E-state index is 0.196. The highest BCUT2D eigenvalue weighted by atomic mass is 35.5. The molecule has 3 aromatic rings. The number of hydrogen-bond acceptors (Lipinski definition) is 2. The Morgan fingerprint density at radius 3 is 2.42 bits per heavy atom. The van der Waals surface area contributed by atoms with Gasteiger partial charge in [0.25, 0.3) is 5.91 Å². The van der Waals surface area contributed by atoms with Crippen LogP contribution in [-0.4, -0.2) is 11.0 Å². The Hall–Kier alpha value is -2.14. The van der Waals surface area contributed by atoms with E-state index in [9.17, 15) is 4.79 Å². The first-order valence-corrected chi connectivity index (χ1v) is 8.26. The third-order valence-corrected chi connectivity index (χ3v) is 4.19. The van der Waals surface area contributed by atoms with Crippen LogP contribution in [0, 0.1) is 0 Å². The van der Waals surface area contributed by atoms with Gasteiger partial charge < -0.3 is 5.32 Å². The van der Waals surface area contributed by atoms with Crippen LogP contribution in [0.15, 0.2) is 60.7 Å². The SMILES string of the molecule is O=C(NC(=S)Nc1cccc(Cl)c1)c1cccc2c(Cl)cccc12. The molecule has 0 saturated carbocycles. The van der Waals surface area contributed by atoms with Crippen LogP contribution in [0.25, 0.3) is 10.8 Å². The summed E-state index contributed by atoms with van der Waals surface area (Å²) >= 11 is 17.3. The average molecular weight is 375 g/mol. The fraction of sp³-hybridized carbons (Fsp3) is 0. The number of hydrogen-bond donors (Lipinski definition) is 2. The van der Waals surface area contributed by atoms with Gasteiger partial charge in [-0.2, -0.15) is 0 Å². The molecule has 0 radical (unpaired) electrons. The van der Waals surface area contributed by atoms with Crippen molar-refractivity contribution in [3.63, 3.8) is 0 Å². The van der Waals surface area contributed by atoms with Crippen LogP contribution in [0.5, 0.6) is 0 Å². The molecule has 0 aliphatic carbocycles. The van der Waals surface area contributed by atoms with Gasteiger partial charge in [-0.1, -0.05) is 53.5 Å². The Morgan fingerprint density at radius 2 is 1.62 bits per heavy atom. The van der Waals surface area contributed by atoms with Crippen LogP contribution in [-0.2, 0) is 0 Å². The van der Waals surface area contributed by atoms with Gasteiger partial charge in [0.15, 0.2) is 5.11 Å². The predicted molar refractivity (Wildman–Crippen MR) is 104 cm³/mol. The van der Waals surface area contributed by atoms with E-state index in [0.717, 1.165) is 10.8 Å². The second-order valence-corrected chi connectivity index (χ2v) is 6.31. The Labute approximate surface area is 154 Å². The van der Waals surface area contributed by atoms with Crippen molar-refractivity contribution in [3.05, 3.63) is 76.3 Å². The summed E-state index contributed by atoms with van der Waals surface area (Å²) in [5, 5.41) is 8.57. The van der Waals surface area contributed by atoms with Crippen LogP contribution >= 0.6 is 35.4 Å². The first-order valence-electron chi connectivity index (χ1n) is 7.10. The standard InChI is InChI=1S/C18H12Cl2N2OS/c19-11-4-1-5-12(10-11)21-18(24)22-17(23)15-8-2-7-14-13(15)6-3-9-16(14)20/h1-10H,(H2,21,22,23,24). The van der Waals surface area contributed by atoms with E-state index < -0.39 is 0 Å².